The first kappa shape index (κ1) is 10.9. The molecule has 2 heterocycles. The topological polar surface area (TPSA) is 24.5 Å². The van der Waals surface area contributed by atoms with Gasteiger partial charge in [0.1, 0.15) is 0 Å². The van der Waals surface area contributed by atoms with Crippen LogP contribution in [0.1, 0.15) is 6.42 Å². The highest BCUT2D eigenvalue weighted by molar-refractivity contribution is 7.14. The van der Waals surface area contributed by atoms with Gasteiger partial charge in [-0.2, -0.15) is 0 Å². The molecule has 1 fully saturated rings. The molecule has 0 spiro atoms. The molecule has 0 aliphatic carbocycles. The molecule has 84 valence electrons. The molecule has 1 aliphatic heterocycles. The van der Waals surface area contributed by atoms with E-state index in [9.17, 15) is 0 Å². The average Bonchev–Trinajstić information content (AvgIpc) is 2.81. The maximum absolute atomic E-state index is 5.43. The second-order valence-corrected chi connectivity index (χ2v) is 4.81. The van der Waals surface area contributed by atoms with Gasteiger partial charge in [0.05, 0.1) is 18.2 Å². The van der Waals surface area contributed by atoms with Crippen molar-refractivity contribution in [2.24, 2.45) is 0 Å². The van der Waals surface area contributed by atoms with E-state index in [4.69, 9.17) is 4.74 Å². The highest BCUT2D eigenvalue weighted by Gasteiger charge is 2.13. The van der Waals surface area contributed by atoms with Crippen molar-refractivity contribution in [2.45, 2.75) is 12.5 Å². The first-order chi connectivity index (χ1) is 7.36. The Hall–Kier alpha value is -0.580. The molecule has 4 heteroatoms. The summed E-state index contributed by atoms with van der Waals surface area (Å²) in [5.74, 6) is 0. The lowest BCUT2D eigenvalue weighted by molar-refractivity contribution is 0.0749. The molecule has 0 saturated carbocycles. The first-order valence-corrected chi connectivity index (χ1v) is 6.30. The summed E-state index contributed by atoms with van der Waals surface area (Å²) in [6.45, 7) is 3.80. The molecule has 1 aromatic rings. The van der Waals surface area contributed by atoms with Crippen molar-refractivity contribution >= 4 is 16.3 Å². The Balaban J connectivity index is 1.73. The molecular formula is C11H18N2OS. The van der Waals surface area contributed by atoms with Crippen LogP contribution in [0.2, 0.25) is 0 Å². The molecule has 0 amide bonds. The predicted molar refractivity (Wildman–Crippen MR) is 64.8 cm³/mol. The van der Waals surface area contributed by atoms with Gasteiger partial charge in [0, 0.05) is 26.2 Å². The summed E-state index contributed by atoms with van der Waals surface area (Å²) in [7, 11) is 2.15. The second kappa shape index (κ2) is 5.49. The van der Waals surface area contributed by atoms with Crippen molar-refractivity contribution in [1.82, 2.24) is 5.32 Å². The lowest BCUT2D eigenvalue weighted by Gasteiger charge is -2.26. The number of hydrogen-bond donors (Lipinski definition) is 1. The first-order valence-electron chi connectivity index (χ1n) is 5.42. The fraction of sp³-hybridized carbons (Fsp3) is 0.636. The molecule has 1 N–H and O–H groups in total. The number of ether oxygens (including phenoxy) is 1. The molecule has 2 rings (SSSR count). The summed E-state index contributed by atoms with van der Waals surface area (Å²) in [4.78, 5) is 2.31. The number of thiophene rings is 1. The Bertz CT molecular complexity index is 270. The molecule has 3 nitrogen and oxygen atoms in total. The van der Waals surface area contributed by atoms with Gasteiger partial charge in [-0.05, 0) is 23.9 Å². The standard InChI is InChI=1S/C11H18N2OS/c1-13(11-3-2-8-15-11)6-4-10-9-14-7-5-12-10/h2-3,8,10,12H,4-7,9H2,1H3. The summed E-state index contributed by atoms with van der Waals surface area (Å²) < 4.78 is 5.43. The Labute approximate surface area is 95.0 Å². The van der Waals surface area contributed by atoms with Crippen LogP contribution < -0.4 is 10.2 Å². The van der Waals surface area contributed by atoms with Crippen molar-refractivity contribution in [3.63, 3.8) is 0 Å². The van der Waals surface area contributed by atoms with Crippen LogP contribution in [-0.4, -0.2) is 39.4 Å². The normalized spacial score (nSPS) is 21.5. The minimum atomic E-state index is 0.529. The minimum absolute atomic E-state index is 0.529. The zero-order valence-corrected chi connectivity index (χ0v) is 9.93. The summed E-state index contributed by atoms with van der Waals surface area (Å²) in [5, 5.41) is 6.93. The van der Waals surface area contributed by atoms with Crippen LogP contribution in [0.15, 0.2) is 17.5 Å². The van der Waals surface area contributed by atoms with E-state index < -0.39 is 0 Å². The average molecular weight is 226 g/mol. The van der Waals surface area contributed by atoms with E-state index in [1.807, 2.05) is 0 Å². The number of anilines is 1. The molecule has 1 atom stereocenters. The van der Waals surface area contributed by atoms with Crippen molar-refractivity contribution in [2.75, 3.05) is 38.3 Å². The molecule has 0 radical (unpaired) electrons. The SMILES string of the molecule is CN(CCC1COCCN1)c1cccs1. The third-order valence-corrected chi connectivity index (χ3v) is 3.68. The van der Waals surface area contributed by atoms with E-state index in [2.05, 4.69) is 34.8 Å². The van der Waals surface area contributed by atoms with Gasteiger partial charge in [0.25, 0.3) is 0 Å². The highest BCUT2D eigenvalue weighted by atomic mass is 32.1. The molecule has 1 unspecified atom stereocenters. The lowest BCUT2D eigenvalue weighted by atomic mass is 10.2. The van der Waals surface area contributed by atoms with E-state index in [1.54, 1.807) is 11.3 Å². The van der Waals surface area contributed by atoms with Crippen molar-refractivity contribution in [3.8, 4) is 0 Å². The van der Waals surface area contributed by atoms with Gasteiger partial charge >= 0.3 is 0 Å². The van der Waals surface area contributed by atoms with E-state index in [0.717, 1.165) is 32.7 Å². The van der Waals surface area contributed by atoms with Crippen molar-refractivity contribution < 1.29 is 4.74 Å². The van der Waals surface area contributed by atoms with Gasteiger partial charge in [0.2, 0.25) is 0 Å². The fourth-order valence-electron chi connectivity index (χ4n) is 1.75. The Morgan fingerprint density at radius 3 is 3.27 bits per heavy atom. The summed E-state index contributed by atoms with van der Waals surface area (Å²) in [5.41, 5.74) is 0. The monoisotopic (exact) mass is 226 g/mol. The summed E-state index contributed by atoms with van der Waals surface area (Å²) >= 11 is 1.79. The molecular weight excluding hydrogens is 208 g/mol. The van der Waals surface area contributed by atoms with Gasteiger partial charge in [-0.3, -0.25) is 0 Å². The molecule has 0 bridgehead atoms. The van der Waals surface area contributed by atoms with Crippen LogP contribution in [0.3, 0.4) is 0 Å². The lowest BCUT2D eigenvalue weighted by Crippen LogP contribution is -2.42. The van der Waals surface area contributed by atoms with Crippen LogP contribution in [0.25, 0.3) is 0 Å². The summed E-state index contributed by atoms with van der Waals surface area (Å²) in [6.07, 6.45) is 1.15. The number of morpholine rings is 1. The fourth-order valence-corrected chi connectivity index (χ4v) is 2.48. The Morgan fingerprint density at radius 2 is 2.60 bits per heavy atom. The number of nitrogens with zero attached hydrogens (tertiary/aromatic N) is 1. The van der Waals surface area contributed by atoms with Crippen LogP contribution in [0.4, 0.5) is 5.00 Å². The predicted octanol–water partition coefficient (Wildman–Crippen LogP) is 1.56. The zero-order valence-electron chi connectivity index (χ0n) is 9.11. The molecule has 1 aliphatic rings. The quantitative estimate of drug-likeness (QED) is 0.843. The van der Waals surface area contributed by atoms with Gasteiger partial charge in [-0.25, -0.2) is 0 Å². The molecule has 15 heavy (non-hydrogen) atoms. The van der Waals surface area contributed by atoms with E-state index in [0.29, 0.717) is 6.04 Å². The van der Waals surface area contributed by atoms with Crippen LogP contribution >= 0.6 is 11.3 Å². The maximum Gasteiger partial charge on any atom is 0.0905 e. The Kier molecular flexibility index (Phi) is 4.00. The maximum atomic E-state index is 5.43. The molecule has 0 aromatic carbocycles. The molecule has 1 aromatic heterocycles. The number of rotatable bonds is 4. The van der Waals surface area contributed by atoms with Crippen molar-refractivity contribution in [3.05, 3.63) is 17.5 Å². The number of nitrogens with one attached hydrogen (secondary N) is 1. The van der Waals surface area contributed by atoms with E-state index in [1.165, 1.54) is 5.00 Å². The third-order valence-electron chi connectivity index (χ3n) is 2.69. The van der Waals surface area contributed by atoms with Gasteiger partial charge in [0.15, 0.2) is 0 Å². The van der Waals surface area contributed by atoms with Gasteiger partial charge in [-0.1, -0.05) is 0 Å². The van der Waals surface area contributed by atoms with E-state index in [-0.39, 0.29) is 0 Å². The highest BCUT2D eigenvalue weighted by Crippen LogP contribution is 2.19. The van der Waals surface area contributed by atoms with Gasteiger partial charge < -0.3 is 15.0 Å². The Morgan fingerprint density at radius 1 is 1.67 bits per heavy atom. The third kappa shape index (κ3) is 3.19. The van der Waals surface area contributed by atoms with Crippen LogP contribution in [-0.2, 0) is 4.74 Å². The van der Waals surface area contributed by atoms with Crippen LogP contribution in [0.5, 0.6) is 0 Å². The number of hydrogen-bond acceptors (Lipinski definition) is 4. The van der Waals surface area contributed by atoms with Gasteiger partial charge in [-0.15, -0.1) is 11.3 Å². The van der Waals surface area contributed by atoms with E-state index >= 15 is 0 Å². The molecule has 1 saturated heterocycles. The zero-order chi connectivity index (χ0) is 10.5. The van der Waals surface area contributed by atoms with Crippen molar-refractivity contribution in [1.29, 1.82) is 0 Å². The largest absolute Gasteiger partial charge is 0.379 e. The second-order valence-electron chi connectivity index (χ2n) is 3.89. The smallest absolute Gasteiger partial charge is 0.0905 e. The minimum Gasteiger partial charge on any atom is -0.379 e. The van der Waals surface area contributed by atoms with Crippen LogP contribution in [0, 0.1) is 0 Å². The summed E-state index contributed by atoms with van der Waals surface area (Å²) in [6, 6.07) is 4.79.